The highest BCUT2D eigenvalue weighted by molar-refractivity contribution is 7.92. The highest BCUT2D eigenvalue weighted by atomic mass is 32.2. The first kappa shape index (κ1) is 22.7. The van der Waals surface area contributed by atoms with Crippen molar-refractivity contribution in [1.82, 2.24) is 9.21 Å². The van der Waals surface area contributed by atoms with Crippen molar-refractivity contribution < 1.29 is 22.7 Å². The summed E-state index contributed by atoms with van der Waals surface area (Å²) in [6.45, 7) is 0.921. The summed E-state index contributed by atoms with van der Waals surface area (Å²) in [6.07, 6.45) is 3.40. The minimum atomic E-state index is -3.53. The van der Waals surface area contributed by atoms with E-state index in [0.29, 0.717) is 37.1 Å². The Kier molecular flexibility index (Phi) is 7.59. The average Bonchev–Trinajstić information content (AvgIpc) is 2.82. The van der Waals surface area contributed by atoms with Gasteiger partial charge < -0.3 is 9.64 Å². The minimum absolute atomic E-state index is 0.104. The number of carbonyl (C=O) groups is 2. The van der Waals surface area contributed by atoms with E-state index in [1.807, 2.05) is 30.3 Å². The first-order valence-electron chi connectivity index (χ1n) is 10.0. The third-order valence-corrected chi connectivity index (χ3v) is 6.96. The lowest BCUT2D eigenvalue weighted by molar-refractivity contribution is -0.121. The van der Waals surface area contributed by atoms with Crippen LogP contribution in [0.3, 0.4) is 0 Å². The number of rotatable bonds is 8. The molecule has 164 valence electrons. The molecule has 1 fully saturated rings. The molecule has 0 atom stereocenters. The molecule has 1 amide bonds. The Morgan fingerprint density at radius 2 is 1.74 bits per heavy atom. The molecule has 31 heavy (non-hydrogen) atoms. The van der Waals surface area contributed by atoms with Crippen LogP contribution in [-0.4, -0.2) is 56.2 Å². The second-order valence-corrected chi connectivity index (χ2v) is 9.13. The van der Waals surface area contributed by atoms with Gasteiger partial charge in [0.05, 0.1) is 12.7 Å². The number of sulfonamides is 1. The normalized spacial score (nSPS) is 15.6. The average molecular weight is 443 g/mol. The molecular formula is C23H26N2O5S. The molecule has 8 heteroatoms. The number of amides is 1. The van der Waals surface area contributed by atoms with Gasteiger partial charge in [-0.05, 0) is 36.1 Å². The quantitative estimate of drug-likeness (QED) is 0.464. The molecule has 1 aliphatic heterocycles. The highest BCUT2D eigenvalue weighted by Crippen LogP contribution is 2.22. The van der Waals surface area contributed by atoms with Gasteiger partial charge >= 0.3 is 5.97 Å². The monoisotopic (exact) mass is 442 g/mol. The fourth-order valence-electron chi connectivity index (χ4n) is 3.66. The van der Waals surface area contributed by atoms with Crippen LogP contribution in [0.2, 0.25) is 0 Å². The van der Waals surface area contributed by atoms with Crippen LogP contribution in [0.5, 0.6) is 0 Å². The maximum absolute atomic E-state index is 12.7. The van der Waals surface area contributed by atoms with Gasteiger partial charge in [-0.25, -0.2) is 13.2 Å². The Bertz CT molecular complexity index is 1030. The van der Waals surface area contributed by atoms with Gasteiger partial charge in [-0.3, -0.25) is 4.79 Å². The van der Waals surface area contributed by atoms with Gasteiger partial charge in [0.2, 0.25) is 16.4 Å². The molecule has 3 rings (SSSR count). The number of benzene rings is 2. The lowest BCUT2D eigenvalue weighted by Crippen LogP contribution is -2.45. The van der Waals surface area contributed by atoms with Gasteiger partial charge in [-0.2, -0.15) is 4.31 Å². The molecule has 0 saturated carbocycles. The molecule has 2 aromatic carbocycles. The van der Waals surface area contributed by atoms with E-state index in [4.69, 9.17) is 4.74 Å². The minimum Gasteiger partial charge on any atom is -0.465 e. The van der Waals surface area contributed by atoms with Crippen molar-refractivity contribution in [3.63, 3.8) is 0 Å². The zero-order valence-electron chi connectivity index (χ0n) is 17.4. The fraction of sp³-hybridized carbons (Fsp3) is 0.304. The van der Waals surface area contributed by atoms with E-state index in [-0.39, 0.29) is 12.6 Å². The maximum Gasteiger partial charge on any atom is 0.338 e. The molecule has 0 spiro atoms. The Morgan fingerprint density at radius 1 is 1.10 bits per heavy atom. The molecule has 1 saturated heterocycles. The zero-order chi connectivity index (χ0) is 22.3. The van der Waals surface area contributed by atoms with Crippen LogP contribution in [0.15, 0.2) is 60.0 Å². The fourth-order valence-corrected chi connectivity index (χ4v) is 4.88. The maximum atomic E-state index is 12.7. The molecule has 2 aromatic rings. The molecule has 7 nitrogen and oxygen atoms in total. The van der Waals surface area contributed by atoms with Gasteiger partial charge in [0, 0.05) is 31.1 Å². The molecule has 0 aromatic heterocycles. The first-order chi connectivity index (χ1) is 14.9. The summed E-state index contributed by atoms with van der Waals surface area (Å²) in [5.74, 6) is -0.451. The van der Waals surface area contributed by atoms with Crippen molar-refractivity contribution in [3.8, 4) is 0 Å². The lowest BCUT2D eigenvalue weighted by Gasteiger charge is -2.36. The van der Waals surface area contributed by atoms with Crippen LogP contribution in [-0.2, 0) is 26.1 Å². The van der Waals surface area contributed by atoms with E-state index in [2.05, 4.69) is 0 Å². The van der Waals surface area contributed by atoms with E-state index in [9.17, 15) is 18.0 Å². The first-order valence-corrected chi connectivity index (χ1v) is 11.6. The van der Waals surface area contributed by atoms with Gasteiger partial charge in [0.1, 0.15) is 0 Å². The third kappa shape index (κ3) is 5.80. The van der Waals surface area contributed by atoms with E-state index < -0.39 is 16.0 Å². The molecule has 1 heterocycles. The number of ether oxygens (including phenoxy) is 1. The van der Waals surface area contributed by atoms with Crippen molar-refractivity contribution >= 4 is 28.5 Å². The highest BCUT2D eigenvalue weighted by Gasteiger charge is 2.29. The second kappa shape index (κ2) is 10.4. The SMILES string of the molecule is COC(=O)c1ccccc1CN(C=O)C1CCN(S(=O)(=O)/C=C/c2ccccc2)CC1. The number of hydrogen-bond donors (Lipinski definition) is 0. The van der Waals surface area contributed by atoms with E-state index in [1.165, 1.54) is 16.8 Å². The molecule has 0 unspecified atom stereocenters. The molecule has 0 radical (unpaired) electrons. The number of methoxy groups -OCH3 is 1. The summed E-state index contributed by atoms with van der Waals surface area (Å²) in [6, 6.07) is 16.2. The van der Waals surface area contributed by atoms with E-state index in [0.717, 1.165) is 12.0 Å². The van der Waals surface area contributed by atoms with Crippen molar-refractivity contribution in [2.75, 3.05) is 20.2 Å². The summed E-state index contributed by atoms with van der Waals surface area (Å²) in [4.78, 5) is 25.4. The Balaban J connectivity index is 1.63. The third-order valence-electron chi connectivity index (χ3n) is 5.40. The van der Waals surface area contributed by atoms with Gasteiger partial charge in [-0.1, -0.05) is 48.5 Å². The standard InChI is InChI=1S/C23H26N2O5S/c1-30-23(27)22-10-6-5-9-20(22)17-24(18-26)21-11-14-25(15-12-21)31(28,29)16-13-19-7-3-2-4-8-19/h2-10,13,16,18,21H,11-12,14-15,17H2,1H3/b16-13+. The number of nitrogens with zero attached hydrogens (tertiary/aromatic N) is 2. The zero-order valence-corrected chi connectivity index (χ0v) is 18.2. The van der Waals surface area contributed by atoms with E-state index in [1.54, 1.807) is 35.2 Å². The summed E-state index contributed by atoms with van der Waals surface area (Å²) in [5.41, 5.74) is 1.93. The smallest absolute Gasteiger partial charge is 0.338 e. The summed E-state index contributed by atoms with van der Waals surface area (Å²) in [5, 5.41) is 1.23. The largest absolute Gasteiger partial charge is 0.465 e. The molecule has 1 aliphatic rings. The topological polar surface area (TPSA) is 84.0 Å². The van der Waals surface area contributed by atoms with Crippen LogP contribution in [0.4, 0.5) is 0 Å². The van der Waals surface area contributed by atoms with E-state index >= 15 is 0 Å². The summed E-state index contributed by atoms with van der Waals surface area (Å²) >= 11 is 0. The van der Waals surface area contributed by atoms with Crippen LogP contribution in [0.25, 0.3) is 6.08 Å². The van der Waals surface area contributed by atoms with Gasteiger partial charge in [0.15, 0.2) is 0 Å². The van der Waals surface area contributed by atoms with Crippen LogP contribution >= 0.6 is 0 Å². The van der Waals surface area contributed by atoms with Gasteiger partial charge in [0.25, 0.3) is 0 Å². The Labute approximate surface area is 183 Å². The van der Waals surface area contributed by atoms with Crippen LogP contribution in [0.1, 0.15) is 34.3 Å². The Hall–Kier alpha value is -2.97. The molecule has 0 aliphatic carbocycles. The van der Waals surface area contributed by atoms with Crippen LogP contribution < -0.4 is 0 Å². The lowest BCUT2D eigenvalue weighted by atomic mass is 10.0. The van der Waals surface area contributed by atoms with Crippen molar-refractivity contribution in [3.05, 3.63) is 76.7 Å². The summed E-state index contributed by atoms with van der Waals surface area (Å²) < 4.78 is 31.6. The number of carbonyl (C=O) groups excluding carboxylic acids is 2. The second-order valence-electron chi connectivity index (χ2n) is 7.32. The van der Waals surface area contributed by atoms with Crippen molar-refractivity contribution in [1.29, 1.82) is 0 Å². The predicted molar refractivity (Wildman–Crippen MR) is 118 cm³/mol. The number of hydrogen-bond acceptors (Lipinski definition) is 5. The predicted octanol–water partition coefficient (Wildman–Crippen LogP) is 2.90. The molecular weight excluding hydrogens is 416 g/mol. The number of piperidine rings is 1. The van der Waals surface area contributed by atoms with Crippen molar-refractivity contribution in [2.24, 2.45) is 0 Å². The Morgan fingerprint density at radius 3 is 2.39 bits per heavy atom. The molecule has 0 N–H and O–H groups in total. The van der Waals surface area contributed by atoms with Crippen LogP contribution in [0, 0.1) is 0 Å². The number of esters is 1. The van der Waals surface area contributed by atoms with Crippen molar-refractivity contribution in [2.45, 2.75) is 25.4 Å². The molecule has 0 bridgehead atoms. The summed E-state index contributed by atoms with van der Waals surface area (Å²) in [7, 11) is -2.21. The van der Waals surface area contributed by atoms with Gasteiger partial charge in [-0.15, -0.1) is 0 Å².